The lowest BCUT2D eigenvalue weighted by Gasteiger charge is -2.34. The van der Waals surface area contributed by atoms with Crippen molar-refractivity contribution >= 4 is 29.1 Å². The van der Waals surface area contributed by atoms with Gasteiger partial charge in [0.15, 0.2) is 0 Å². The number of benzene rings is 1. The van der Waals surface area contributed by atoms with E-state index in [4.69, 9.17) is 21.1 Å². The van der Waals surface area contributed by atoms with Gasteiger partial charge in [-0.2, -0.15) is 4.98 Å². The quantitative estimate of drug-likeness (QED) is 0.830. The van der Waals surface area contributed by atoms with Gasteiger partial charge in [-0.1, -0.05) is 18.5 Å². The molecule has 0 saturated carbocycles. The van der Waals surface area contributed by atoms with Crippen LogP contribution in [0.5, 0.6) is 11.5 Å². The van der Waals surface area contributed by atoms with Gasteiger partial charge in [0, 0.05) is 44.5 Å². The van der Waals surface area contributed by atoms with Gasteiger partial charge in [-0.15, -0.1) is 0 Å². The molecule has 140 valence electrons. The predicted octanol–water partition coefficient (Wildman–Crippen LogP) is 3.03. The molecule has 0 aliphatic carbocycles. The van der Waals surface area contributed by atoms with Crippen LogP contribution < -0.4 is 19.7 Å². The van der Waals surface area contributed by atoms with Gasteiger partial charge >= 0.3 is 0 Å². The number of rotatable bonds is 6. The summed E-state index contributed by atoms with van der Waals surface area (Å²) in [6, 6.07) is 5.34. The number of nitrogens with zero attached hydrogens (tertiary/aromatic N) is 4. The maximum Gasteiger partial charge on any atom is 0.227 e. The maximum atomic E-state index is 6.16. The van der Waals surface area contributed by atoms with Crippen molar-refractivity contribution in [3.05, 3.63) is 29.4 Å². The largest absolute Gasteiger partial charge is 0.495 e. The first kappa shape index (κ1) is 18.5. The summed E-state index contributed by atoms with van der Waals surface area (Å²) in [4.78, 5) is 13.7. The van der Waals surface area contributed by atoms with E-state index in [1.807, 2.05) is 6.07 Å². The first-order valence-electron chi connectivity index (χ1n) is 8.63. The molecule has 7 nitrogen and oxygen atoms in total. The predicted molar refractivity (Wildman–Crippen MR) is 104 cm³/mol. The Hall–Kier alpha value is -2.25. The standard InChI is InChI=1S/C18H24ClN5O2/c1-4-23-7-9-24(10-8-23)18-20-6-5-17(22-18)21-14-12-15(25-2)13(19)11-16(14)26-3/h5-6,11-12H,4,7-10H2,1-3H3,(H,20,21,22). The first-order valence-corrected chi connectivity index (χ1v) is 9.01. The lowest BCUT2D eigenvalue weighted by Crippen LogP contribution is -2.46. The zero-order valence-corrected chi connectivity index (χ0v) is 16.1. The van der Waals surface area contributed by atoms with E-state index >= 15 is 0 Å². The van der Waals surface area contributed by atoms with E-state index in [0.717, 1.165) is 44.4 Å². The number of ether oxygens (including phenoxy) is 2. The van der Waals surface area contributed by atoms with Gasteiger partial charge in [0.05, 0.1) is 24.9 Å². The Morgan fingerprint density at radius 2 is 1.85 bits per heavy atom. The SMILES string of the molecule is CCN1CCN(c2nccc(Nc3cc(OC)c(Cl)cc3OC)n2)CC1. The fourth-order valence-corrected chi connectivity index (χ4v) is 3.16. The molecule has 2 heterocycles. The number of anilines is 3. The number of halogens is 1. The molecule has 3 rings (SSSR count). The Labute approximate surface area is 158 Å². The third kappa shape index (κ3) is 4.11. The van der Waals surface area contributed by atoms with Crippen LogP contribution in [0.15, 0.2) is 24.4 Å². The van der Waals surface area contributed by atoms with Crippen LogP contribution in [0.25, 0.3) is 0 Å². The summed E-state index contributed by atoms with van der Waals surface area (Å²) < 4.78 is 10.7. The van der Waals surface area contributed by atoms with Crippen LogP contribution in [0.1, 0.15) is 6.92 Å². The zero-order valence-electron chi connectivity index (χ0n) is 15.3. The van der Waals surface area contributed by atoms with Crippen molar-refractivity contribution in [2.75, 3.05) is 57.2 Å². The molecule has 1 N–H and O–H groups in total. The molecule has 8 heteroatoms. The Kier molecular flexibility index (Phi) is 6.00. The Bertz CT molecular complexity index is 750. The lowest BCUT2D eigenvalue weighted by atomic mass is 10.2. The minimum absolute atomic E-state index is 0.493. The molecule has 1 aliphatic heterocycles. The van der Waals surface area contributed by atoms with Crippen LogP contribution >= 0.6 is 11.6 Å². The molecule has 0 unspecified atom stereocenters. The highest BCUT2D eigenvalue weighted by atomic mass is 35.5. The van der Waals surface area contributed by atoms with E-state index in [-0.39, 0.29) is 0 Å². The number of piperazine rings is 1. The van der Waals surface area contributed by atoms with E-state index in [0.29, 0.717) is 22.3 Å². The molecule has 0 amide bonds. The van der Waals surface area contributed by atoms with Crippen molar-refractivity contribution in [2.45, 2.75) is 6.92 Å². The lowest BCUT2D eigenvalue weighted by molar-refractivity contribution is 0.270. The minimum Gasteiger partial charge on any atom is -0.495 e. The van der Waals surface area contributed by atoms with Crippen LogP contribution in [0, 0.1) is 0 Å². The van der Waals surface area contributed by atoms with E-state index in [1.54, 1.807) is 32.5 Å². The van der Waals surface area contributed by atoms with Gasteiger partial charge in [0.25, 0.3) is 0 Å². The molecule has 0 atom stereocenters. The number of hydrogen-bond donors (Lipinski definition) is 1. The van der Waals surface area contributed by atoms with Gasteiger partial charge < -0.3 is 24.6 Å². The second-order valence-electron chi connectivity index (χ2n) is 5.98. The van der Waals surface area contributed by atoms with Crippen LogP contribution in [0.3, 0.4) is 0 Å². The Morgan fingerprint density at radius 1 is 1.12 bits per heavy atom. The van der Waals surface area contributed by atoms with E-state index in [9.17, 15) is 0 Å². The Morgan fingerprint density at radius 3 is 2.50 bits per heavy atom. The molecule has 0 spiro atoms. The molecule has 1 aliphatic rings. The van der Waals surface area contributed by atoms with Gasteiger partial charge in [0.1, 0.15) is 17.3 Å². The van der Waals surface area contributed by atoms with Crippen LogP contribution in [-0.4, -0.2) is 61.8 Å². The summed E-state index contributed by atoms with van der Waals surface area (Å²) in [5.74, 6) is 2.61. The number of aromatic nitrogens is 2. The molecule has 1 fully saturated rings. The summed E-state index contributed by atoms with van der Waals surface area (Å²) in [7, 11) is 3.18. The van der Waals surface area contributed by atoms with E-state index in [2.05, 4.69) is 32.0 Å². The van der Waals surface area contributed by atoms with Crippen molar-refractivity contribution in [3.8, 4) is 11.5 Å². The van der Waals surface area contributed by atoms with Gasteiger partial charge in [-0.3, -0.25) is 0 Å². The molecule has 0 bridgehead atoms. The topological polar surface area (TPSA) is 62.8 Å². The second kappa shape index (κ2) is 8.42. The molecular weight excluding hydrogens is 354 g/mol. The van der Waals surface area contributed by atoms with Crippen LogP contribution in [0.4, 0.5) is 17.5 Å². The molecule has 1 aromatic carbocycles. The molecular formula is C18H24ClN5O2. The summed E-state index contributed by atoms with van der Waals surface area (Å²) in [6.07, 6.45) is 1.76. The molecule has 1 aromatic heterocycles. The highest BCUT2D eigenvalue weighted by molar-refractivity contribution is 6.32. The van der Waals surface area contributed by atoms with Gasteiger partial charge in [-0.05, 0) is 12.6 Å². The summed E-state index contributed by atoms with van der Waals surface area (Å²) in [5, 5.41) is 3.77. The maximum absolute atomic E-state index is 6.16. The van der Waals surface area contributed by atoms with Gasteiger partial charge in [-0.25, -0.2) is 4.98 Å². The number of nitrogens with one attached hydrogen (secondary N) is 1. The fourth-order valence-electron chi connectivity index (χ4n) is 2.93. The second-order valence-corrected chi connectivity index (χ2v) is 6.38. The molecule has 26 heavy (non-hydrogen) atoms. The average molecular weight is 378 g/mol. The minimum atomic E-state index is 0.493. The Balaban J connectivity index is 1.79. The number of likely N-dealkylation sites (N-methyl/N-ethyl adjacent to an activating group) is 1. The fraction of sp³-hybridized carbons (Fsp3) is 0.444. The highest BCUT2D eigenvalue weighted by Gasteiger charge is 2.18. The number of methoxy groups -OCH3 is 2. The van der Waals surface area contributed by atoms with Crippen molar-refractivity contribution in [3.63, 3.8) is 0 Å². The third-order valence-corrected chi connectivity index (χ3v) is 4.78. The molecule has 0 radical (unpaired) electrons. The van der Waals surface area contributed by atoms with E-state index in [1.165, 1.54) is 0 Å². The van der Waals surface area contributed by atoms with Crippen molar-refractivity contribution < 1.29 is 9.47 Å². The average Bonchev–Trinajstić information content (AvgIpc) is 2.69. The normalized spacial score (nSPS) is 15.0. The highest BCUT2D eigenvalue weighted by Crippen LogP contribution is 2.37. The van der Waals surface area contributed by atoms with Crippen molar-refractivity contribution in [1.29, 1.82) is 0 Å². The van der Waals surface area contributed by atoms with Crippen molar-refractivity contribution in [1.82, 2.24) is 14.9 Å². The third-order valence-electron chi connectivity index (χ3n) is 4.48. The van der Waals surface area contributed by atoms with Crippen molar-refractivity contribution in [2.24, 2.45) is 0 Å². The van der Waals surface area contributed by atoms with E-state index < -0.39 is 0 Å². The summed E-state index contributed by atoms with van der Waals surface area (Å²) >= 11 is 6.16. The first-order chi connectivity index (χ1) is 12.6. The van der Waals surface area contributed by atoms with Crippen LogP contribution in [0.2, 0.25) is 5.02 Å². The smallest absolute Gasteiger partial charge is 0.227 e. The summed E-state index contributed by atoms with van der Waals surface area (Å²) in [6.45, 7) is 7.17. The monoisotopic (exact) mass is 377 g/mol. The van der Waals surface area contributed by atoms with Gasteiger partial charge in [0.2, 0.25) is 5.95 Å². The molecule has 1 saturated heterocycles. The zero-order chi connectivity index (χ0) is 18.5. The number of hydrogen-bond acceptors (Lipinski definition) is 7. The summed E-state index contributed by atoms with van der Waals surface area (Å²) in [5.41, 5.74) is 0.731. The van der Waals surface area contributed by atoms with Crippen LogP contribution in [-0.2, 0) is 0 Å². The molecule has 2 aromatic rings.